The molecule has 1 aliphatic rings. The van der Waals surface area contributed by atoms with Crippen molar-refractivity contribution in [2.45, 2.75) is 70.1 Å². The third kappa shape index (κ3) is 10.1. The van der Waals surface area contributed by atoms with Crippen LogP contribution >= 0.6 is 0 Å². The third-order valence-electron chi connectivity index (χ3n) is 4.55. The predicted molar refractivity (Wildman–Crippen MR) is 76.0 cm³/mol. The highest BCUT2D eigenvalue weighted by atomic mass is 19.4. The molecule has 2 atom stereocenters. The summed E-state index contributed by atoms with van der Waals surface area (Å²) in [7, 11) is 1.58. The van der Waals surface area contributed by atoms with Crippen LogP contribution < -0.4 is 0 Å². The molecule has 138 valence electrons. The van der Waals surface area contributed by atoms with Crippen LogP contribution in [0, 0.1) is 17.8 Å². The first-order chi connectivity index (χ1) is 10.6. The van der Waals surface area contributed by atoms with Crippen molar-refractivity contribution in [1.82, 2.24) is 0 Å². The van der Waals surface area contributed by atoms with E-state index in [0.29, 0.717) is 19.4 Å². The predicted octanol–water partition coefficient (Wildman–Crippen LogP) is 6.13. The Balaban J connectivity index is 2.42. The van der Waals surface area contributed by atoms with E-state index in [2.05, 4.69) is 0 Å². The summed E-state index contributed by atoms with van der Waals surface area (Å²) in [5.74, 6) is 0.588. The molecular formula is C16H26F6O. The Morgan fingerprint density at radius 3 is 1.48 bits per heavy atom. The summed E-state index contributed by atoms with van der Waals surface area (Å²) >= 11 is 0. The molecule has 0 aromatic rings. The van der Waals surface area contributed by atoms with Crippen molar-refractivity contribution in [2.75, 3.05) is 13.7 Å². The van der Waals surface area contributed by atoms with Crippen molar-refractivity contribution in [3.8, 4) is 0 Å². The molecule has 7 heteroatoms. The number of rotatable bonds is 8. The monoisotopic (exact) mass is 348 g/mol. The van der Waals surface area contributed by atoms with Crippen LogP contribution in [-0.4, -0.2) is 26.1 Å². The van der Waals surface area contributed by atoms with Gasteiger partial charge in [-0.05, 0) is 49.9 Å². The molecule has 0 radical (unpaired) electrons. The number of alkyl halides is 6. The molecule has 1 fully saturated rings. The molecule has 2 unspecified atom stereocenters. The molecule has 1 rings (SSSR count). The second-order valence-electron chi connectivity index (χ2n) is 6.78. The third-order valence-corrected chi connectivity index (χ3v) is 4.55. The van der Waals surface area contributed by atoms with Gasteiger partial charge < -0.3 is 4.74 Å². The van der Waals surface area contributed by atoms with Crippen molar-refractivity contribution >= 4 is 0 Å². The van der Waals surface area contributed by atoms with Crippen molar-refractivity contribution in [1.29, 1.82) is 0 Å². The smallest absolute Gasteiger partial charge is 0.384 e. The lowest BCUT2D eigenvalue weighted by Crippen LogP contribution is -2.26. The van der Waals surface area contributed by atoms with Gasteiger partial charge in [0.25, 0.3) is 0 Å². The highest BCUT2D eigenvalue weighted by Gasteiger charge is 2.32. The van der Waals surface area contributed by atoms with E-state index in [-0.39, 0.29) is 30.6 Å². The van der Waals surface area contributed by atoms with Crippen LogP contribution in [0.3, 0.4) is 0 Å². The lowest BCUT2D eigenvalue weighted by atomic mass is 9.72. The van der Waals surface area contributed by atoms with Gasteiger partial charge in [0.05, 0.1) is 0 Å². The Labute approximate surface area is 133 Å². The van der Waals surface area contributed by atoms with E-state index < -0.39 is 25.2 Å². The van der Waals surface area contributed by atoms with E-state index in [1.807, 2.05) is 0 Å². The second-order valence-corrected chi connectivity index (χ2v) is 6.78. The molecule has 0 aliphatic heterocycles. The van der Waals surface area contributed by atoms with Gasteiger partial charge in [-0.3, -0.25) is 0 Å². The lowest BCUT2D eigenvalue weighted by Gasteiger charge is -2.35. The molecule has 23 heavy (non-hydrogen) atoms. The van der Waals surface area contributed by atoms with Gasteiger partial charge in [-0.1, -0.05) is 12.8 Å². The zero-order valence-electron chi connectivity index (χ0n) is 13.5. The molecule has 1 aliphatic carbocycles. The van der Waals surface area contributed by atoms with Gasteiger partial charge in [0.15, 0.2) is 0 Å². The molecule has 0 aromatic carbocycles. The highest BCUT2D eigenvalue weighted by molar-refractivity contribution is 4.79. The van der Waals surface area contributed by atoms with Crippen LogP contribution in [0.2, 0.25) is 0 Å². The maximum absolute atomic E-state index is 12.2. The van der Waals surface area contributed by atoms with Crippen molar-refractivity contribution in [3.63, 3.8) is 0 Å². The molecule has 0 bridgehead atoms. The number of ether oxygens (including phenoxy) is 1. The van der Waals surface area contributed by atoms with Crippen LogP contribution in [0.25, 0.3) is 0 Å². The van der Waals surface area contributed by atoms with Gasteiger partial charge in [-0.15, -0.1) is 0 Å². The quantitative estimate of drug-likeness (QED) is 0.479. The summed E-state index contributed by atoms with van der Waals surface area (Å²) in [4.78, 5) is 0. The molecule has 0 saturated heterocycles. The van der Waals surface area contributed by atoms with E-state index in [1.54, 1.807) is 7.11 Å². The van der Waals surface area contributed by atoms with Crippen LogP contribution in [0.1, 0.15) is 57.8 Å². The highest BCUT2D eigenvalue weighted by Crippen LogP contribution is 2.39. The van der Waals surface area contributed by atoms with Crippen molar-refractivity contribution < 1.29 is 31.1 Å². The van der Waals surface area contributed by atoms with E-state index in [0.717, 1.165) is 19.3 Å². The first-order valence-electron chi connectivity index (χ1n) is 8.21. The van der Waals surface area contributed by atoms with Gasteiger partial charge in [0.1, 0.15) is 0 Å². The first-order valence-corrected chi connectivity index (χ1v) is 8.21. The summed E-state index contributed by atoms with van der Waals surface area (Å²) in [5, 5.41) is 0. The number of halogens is 6. The molecule has 0 aromatic heterocycles. The molecule has 1 nitrogen and oxygen atoms in total. The largest absolute Gasteiger partial charge is 0.389 e. The summed E-state index contributed by atoms with van der Waals surface area (Å²) in [6, 6.07) is 0. The molecule has 0 spiro atoms. The average Bonchev–Trinajstić information content (AvgIpc) is 2.35. The maximum Gasteiger partial charge on any atom is 0.389 e. The van der Waals surface area contributed by atoms with Crippen molar-refractivity contribution in [3.05, 3.63) is 0 Å². The summed E-state index contributed by atoms with van der Waals surface area (Å²) in [6.07, 6.45) is -6.25. The van der Waals surface area contributed by atoms with Crippen LogP contribution in [-0.2, 0) is 4.74 Å². The minimum atomic E-state index is -4.13. The van der Waals surface area contributed by atoms with Gasteiger partial charge >= 0.3 is 12.4 Å². The Kier molecular flexibility index (Phi) is 8.18. The van der Waals surface area contributed by atoms with Crippen LogP contribution in [0.15, 0.2) is 0 Å². The first kappa shape index (κ1) is 20.6. The topological polar surface area (TPSA) is 9.23 Å². The van der Waals surface area contributed by atoms with Crippen LogP contribution in [0.4, 0.5) is 26.3 Å². The summed E-state index contributed by atoms with van der Waals surface area (Å²) < 4.78 is 78.5. The fourth-order valence-electron chi connectivity index (χ4n) is 3.73. The zero-order valence-corrected chi connectivity index (χ0v) is 13.5. The molecule has 0 N–H and O–H groups in total. The fraction of sp³-hybridized carbons (Fsp3) is 1.00. The normalized spacial score (nSPS) is 26.5. The average molecular weight is 348 g/mol. The second kappa shape index (κ2) is 9.14. The Morgan fingerprint density at radius 1 is 0.739 bits per heavy atom. The minimum absolute atomic E-state index is 0.100. The Bertz CT molecular complexity index is 298. The number of hydrogen-bond donors (Lipinski definition) is 0. The number of hydrogen-bond acceptors (Lipinski definition) is 1. The molecule has 0 amide bonds. The lowest BCUT2D eigenvalue weighted by molar-refractivity contribution is -0.136. The molecule has 1 saturated carbocycles. The van der Waals surface area contributed by atoms with E-state index in [1.165, 1.54) is 0 Å². The van der Waals surface area contributed by atoms with Crippen LogP contribution in [0.5, 0.6) is 0 Å². The SMILES string of the molecule is COCC1CC(CCCC(F)(F)F)CC(CCCC(F)(F)F)C1. The van der Waals surface area contributed by atoms with E-state index in [9.17, 15) is 26.3 Å². The van der Waals surface area contributed by atoms with Crippen molar-refractivity contribution in [2.24, 2.45) is 17.8 Å². The van der Waals surface area contributed by atoms with Gasteiger partial charge in [-0.25, -0.2) is 0 Å². The Hall–Kier alpha value is -0.460. The fourth-order valence-corrected chi connectivity index (χ4v) is 3.73. The van der Waals surface area contributed by atoms with E-state index in [4.69, 9.17) is 4.74 Å². The van der Waals surface area contributed by atoms with Gasteiger partial charge in [-0.2, -0.15) is 26.3 Å². The zero-order chi connectivity index (χ0) is 17.5. The minimum Gasteiger partial charge on any atom is -0.384 e. The standard InChI is InChI=1S/C16H26F6O/c1-23-11-14-9-12(4-2-6-15(17,18)19)8-13(10-14)5-3-7-16(20,21)22/h12-14H,2-11H2,1H3. The Morgan fingerprint density at radius 2 is 1.13 bits per heavy atom. The number of methoxy groups -OCH3 is 1. The van der Waals surface area contributed by atoms with Gasteiger partial charge in [0.2, 0.25) is 0 Å². The molecular weight excluding hydrogens is 322 g/mol. The maximum atomic E-state index is 12.2. The summed E-state index contributed by atoms with van der Waals surface area (Å²) in [5.41, 5.74) is 0. The van der Waals surface area contributed by atoms with Gasteiger partial charge in [0, 0.05) is 26.6 Å². The molecule has 0 heterocycles. The summed E-state index contributed by atoms with van der Waals surface area (Å²) in [6.45, 7) is 0.533. The van der Waals surface area contributed by atoms with E-state index >= 15 is 0 Å².